The lowest BCUT2D eigenvalue weighted by atomic mass is 9.98. The van der Waals surface area contributed by atoms with E-state index in [-0.39, 0.29) is 5.92 Å². The first-order chi connectivity index (χ1) is 8.78. The van der Waals surface area contributed by atoms with Crippen LogP contribution in [0, 0.1) is 17.2 Å². The van der Waals surface area contributed by atoms with Crippen LogP contribution < -0.4 is 14.4 Å². The van der Waals surface area contributed by atoms with Crippen LogP contribution in [0.4, 0.5) is 5.69 Å². The Morgan fingerprint density at radius 2 is 1.94 bits per heavy atom. The van der Waals surface area contributed by atoms with Crippen molar-refractivity contribution in [3.63, 3.8) is 0 Å². The highest BCUT2D eigenvalue weighted by molar-refractivity contribution is 5.61. The summed E-state index contributed by atoms with van der Waals surface area (Å²) in [7, 11) is 3.33. The first-order valence-electron chi connectivity index (χ1n) is 6.15. The summed E-state index contributed by atoms with van der Waals surface area (Å²) < 4.78 is 10.6. The maximum Gasteiger partial charge on any atom is 0.142 e. The van der Waals surface area contributed by atoms with Gasteiger partial charge in [0.2, 0.25) is 0 Å². The minimum absolute atomic E-state index is 0.192. The van der Waals surface area contributed by atoms with Crippen molar-refractivity contribution < 1.29 is 9.47 Å². The molecule has 0 N–H and O–H groups in total. The number of methoxy groups -OCH3 is 2. The Morgan fingerprint density at radius 3 is 2.50 bits per heavy atom. The normalized spacial score (nSPS) is 16.2. The van der Waals surface area contributed by atoms with Gasteiger partial charge in [-0.05, 0) is 25.0 Å². The van der Waals surface area contributed by atoms with Crippen LogP contribution in [0.5, 0.6) is 11.5 Å². The molecule has 1 saturated heterocycles. The van der Waals surface area contributed by atoms with Gasteiger partial charge in [0.15, 0.2) is 0 Å². The average Bonchev–Trinajstić information content (AvgIpc) is 2.46. The molecular weight excluding hydrogens is 228 g/mol. The summed E-state index contributed by atoms with van der Waals surface area (Å²) in [6.45, 7) is 1.78. The molecule has 1 aromatic rings. The Kier molecular flexibility index (Phi) is 3.93. The second-order valence-electron chi connectivity index (χ2n) is 4.43. The Morgan fingerprint density at radius 1 is 1.22 bits per heavy atom. The largest absolute Gasteiger partial charge is 0.497 e. The third-order valence-corrected chi connectivity index (χ3v) is 3.40. The zero-order chi connectivity index (χ0) is 13.0. The Bertz CT molecular complexity index is 446. The molecular formula is C14H18N2O2. The van der Waals surface area contributed by atoms with Gasteiger partial charge < -0.3 is 14.4 Å². The van der Waals surface area contributed by atoms with Crippen LogP contribution in [0.1, 0.15) is 12.8 Å². The van der Waals surface area contributed by atoms with Crippen LogP contribution in [0.25, 0.3) is 0 Å². The summed E-state index contributed by atoms with van der Waals surface area (Å²) in [5.41, 5.74) is 1.05. The molecule has 0 bridgehead atoms. The highest BCUT2D eigenvalue weighted by Gasteiger charge is 2.21. The van der Waals surface area contributed by atoms with E-state index < -0.39 is 0 Å². The maximum absolute atomic E-state index is 8.92. The molecule has 1 aliphatic heterocycles. The van der Waals surface area contributed by atoms with Crippen LogP contribution in [0.2, 0.25) is 0 Å². The predicted molar refractivity (Wildman–Crippen MR) is 70.1 cm³/mol. The smallest absolute Gasteiger partial charge is 0.142 e. The molecule has 0 saturated carbocycles. The van der Waals surface area contributed by atoms with Gasteiger partial charge in [-0.25, -0.2) is 0 Å². The molecule has 4 heteroatoms. The summed E-state index contributed by atoms with van der Waals surface area (Å²) in [5.74, 6) is 1.87. The topological polar surface area (TPSA) is 45.5 Å². The van der Waals surface area contributed by atoms with Crippen molar-refractivity contribution in [2.45, 2.75) is 12.8 Å². The van der Waals surface area contributed by atoms with Gasteiger partial charge in [-0.3, -0.25) is 0 Å². The maximum atomic E-state index is 8.92. The minimum Gasteiger partial charge on any atom is -0.497 e. The Balaban J connectivity index is 2.19. The number of ether oxygens (including phenoxy) is 2. The van der Waals surface area contributed by atoms with Crippen molar-refractivity contribution in [2.24, 2.45) is 5.92 Å². The fraction of sp³-hybridized carbons (Fsp3) is 0.500. The van der Waals surface area contributed by atoms with E-state index in [0.29, 0.717) is 0 Å². The number of anilines is 1. The summed E-state index contributed by atoms with van der Waals surface area (Å²) in [5, 5.41) is 8.92. The summed E-state index contributed by atoms with van der Waals surface area (Å²) in [6.07, 6.45) is 1.83. The number of benzene rings is 1. The van der Waals surface area contributed by atoms with E-state index in [1.807, 2.05) is 18.2 Å². The number of rotatable bonds is 3. The average molecular weight is 246 g/mol. The molecule has 2 rings (SSSR count). The number of piperidine rings is 1. The van der Waals surface area contributed by atoms with E-state index in [2.05, 4.69) is 11.0 Å². The molecule has 18 heavy (non-hydrogen) atoms. The first kappa shape index (κ1) is 12.6. The summed E-state index contributed by atoms with van der Waals surface area (Å²) in [4.78, 5) is 2.26. The highest BCUT2D eigenvalue weighted by Crippen LogP contribution is 2.34. The zero-order valence-corrected chi connectivity index (χ0v) is 10.8. The Hall–Kier alpha value is -1.89. The van der Waals surface area contributed by atoms with E-state index in [9.17, 15) is 0 Å². The third kappa shape index (κ3) is 2.51. The van der Waals surface area contributed by atoms with Crippen molar-refractivity contribution in [1.29, 1.82) is 5.26 Å². The number of hydrogen-bond donors (Lipinski definition) is 0. The summed E-state index contributed by atoms with van der Waals surface area (Å²) >= 11 is 0. The Labute approximate surface area is 108 Å². The molecule has 1 fully saturated rings. The fourth-order valence-electron chi connectivity index (χ4n) is 2.29. The molecule has 0 unspecified atom stereocenters. The third-order valence-electron chi connectivity index (χ3n) is 3.40. The first-order valence-corrected chi connectivity index (χ1v) is 6.15. The van der Waals surface area contributed by atoms with Crippen molar-refractivity contribution in [3.8, 4) is 17.6 Å². The molecule has 1 aromatic carbocycles. The monoisotopic (exact) mass is 246 g/mol. The van der Waals surface area contributed by atoms with Crippen LogP contribution in [-0.2, 0) is 0 Å². The lowest BCUT2D eigenvalue weighted by Crippen LogP contribution is -2.33. The van der Waals surface area contributed by atoms with E-state index in [1.165, 1.54) is 0 Å². The molecule has 0 amide bonds. The fourth-order valence-corrected chi connectivity index (χ4v) is 2.29. The molecule has 96 valence electrons. The summed E-state index contributed by atoms with van der Waals surface area (Å²) in [6, 6.07) is 8.15. The van der Waals surface area contributed by atoms with Gasteiger partial charge in [0.1, 0.15) is 11.5 Å². The van der Waals surface area contributed by atoms with Crippen LogP contribution in [0.3, 0.4) is 0 Å². The van der Waals surface area contributed by atoms with Crippen LogP contribution >= 0.6 is 0 Å². The zero-order valence-electron chi connectivity index (χ0n) is 10.8. The molecule has 0 spiro atoms. The lowest BCUT2D eigenvalue weighted by molar-refractivity contribution is 0.399. The van der Waals surface area contributed by atoms with Gasteiger partial charge in [0, 0.05) is 25.1 Å². The van der Waals surface area contributed by atoms with Crippen molar-refractivity contribution >= 4 is 5.69 Å². The van der Waals surface area contributed by atoms with Gasteiger partial charge in [-0.15, -0.1) is 0 Å². The van der Waals surface area contributed by atoms with Gasteiger partial charge in [-0.2, -0.15) is 5.26 Å². The SMILES string of the molecule is COc1ccc(OC)c(N2CCC(C#N)CC2)c1. The van der Waals surface area contributed by atoms with Crippen molar-refractivity contribution in [2.75, 3.05) is 32.2 Å². The number of hydrogen-bond acceptors (Lipinski definition) is 4. The van der Waals surface area contributed by atoms with E-state index >= 15 is 0 Å². The van der Waals surface area contributed by atoms with E-state index in [0.717, 1.165) is 43.1 Å². The molecule has 0 aliphatic carbocycles. The number of nitriles is 1. The predicted octanol–water partition coefficient (Wildman–Crippen LogP) is 2.44. The molecule has 1 aliphatic rings. The molecule has 0 radical (unpaired) electrons. The van der Waals surface area contributed by atoms with E-state index in [4.69, 9.17) is 14.7 Å². The van der Waals surface area contributed by atoms with Gasteiger partial charge >= 0.3 is 0 Å². The van der Waals surface area contributed by atoms with E-state index in [1.54, 1.807) is 14.2 Å². The van der Waals surface area contributed by atoms with Gasteiger partial charge in [-0.1, -0.05) is 0 Å². The van der Waals surface area contributed by atoms with Crippen molar-refractivity contribution in [1.82, 2.24) is 0 Å². The highest BCUT2D eigenvalue weighted by atomic mass is 16.5. The minimum atomic E-state index is 0.192. The number of nitrogens with zero attached hydrogens (tertiary/aromatic N) is 2. The second kappa shape index (κ2) is 5.63. The van der Waals surface area contributed by atoms with Crippen LogP contribution in [0.15, 0.2) is 18.2 Å². The quantitative estimate of drug-likeness (QED) is 0.821. The molecule has 0 aromatic heterocycles. The van der Waals surface area contributed by atoms with Crippen LogP contribution in [-0.4, -0.2) is 27.3 Å². The second-order valence-corrected chi connectivity index (χ2v) is 4.43. The van der Waals surface area contributed by atoms with Crippen molar-refractivity contribution in [3.05, 3.63) is 18.2 Å². The lowest BCUT2D eigenvalue weighted by Gasteiger charge is -2.32. The molecule has 4 nitrogen and oxygen atoms in total. The molecule has 0 atom stereocenters. The standard InChI is InChI=1S/C14H18N2O2/c1-17-12-3-4-14(18-2)13(9-12)16-7-5-11(10-15)6-8-16/h3-4,9,11H,5-8H2,1-2H3. The van der Waals surface area contributed by atoms with Gasteiger partial charge in [0.25, 0.3) is 0 Å². The van der Waals surface area contributed by atoms with Gasteiger partial charge in [0.05, 0.1) is 26.0 Å². The molecule has 1 heterocycles.